The van der Waals surface area contributed by atoms with Gasteiger partial charge < -0.3 is 9.47 Å². The number of hydrogen-bond donors (Lipinski definition) is 0. The van der Waals surface area contributed by atoms with Crippen LogP contribution in [0.25, 0.3) is 17.0 Å². The van der Waals surface area contributed by atoms with Crippen LogP contribution in [-0.4, -0.2) is 29.2 Å². The molecule has 0 aliphatic heterocycles. The molecule has 0 bridgehead atoms. The molecule has 0 radical (unpaired) electrons. The van der Waals surface area contributed by atoms with Gasteiger partial charge in [-0.1, -0.05) is 17.7 Å². The molecule has 1 aromatic heterocycles. The van der Waals surface area contributed by atoms with E-state index in [9.17, 15) is 22.4 Å². The quantitative estimate of drug-likeness (QED) is 0.327. The van der Waals surface area contributed by atoms with Gasteiger partial charge in [0, 0.05) is 22.6 Å². The lowest BCUT2D eigenvalue weighted by Gasteiger charge is -2.10. The Kier molecular flexibility index (Phi) is 5.78. The highest BCUT2D eigenvalue weighted by Gasteiger charge is 2.31. The average molecular weight is 429 g/mol. The molecule has 0 atom stereocenters. The summed E-state index contributed by atoms with van der Waals surface area (Å²) in [7, 11) is 1.21. The van der Waals surface area contributed by atoms with Crippen molar-refractivity contribution in [1.29, 1.82) is 0 Å². The molecule has 0 unspecified atom stereocenters. The zero-order valence-corrected chi connectivity index (χ0v) is 15.6. The lowest BCUT2D eigenvalue weighted by atomic mass is 10.2. The fourth-order valence-electron chi connectivity index (χ4n) is 2.65. The zero-order valence-electron chi connectivity index (χ0n) is 14.8. The Labute approximate surface area is 167 Å². The first-order chi connectivity index (χ1) is 13.7. The predicted molar refractivity (Wildman–Crippen MR) is 98.0 cm³/mol. The molecule has 0 aliphatic carbocycles. The first kappa shape index (κ1) is 20.7. The van der Waals surface area contributed by atoms with E-state index in [4.69, 9.17) is 11.6 Å². The van der Waals surface area contributed by atoms with Crippen molar-refractivity contribution in [2.24, 2.45) is 0 Å². The van der Waals surface area contributed by atoms with Gasteiger partial charge in [-0.05, 0) is 35.9 Å². The second-order valence-corrected chi connectivity index (χ2v) is 6.27. The molecule has 29 heavy (non-hydrogen) atoms. The summed E-state index contributed by atoms with van der Waals surface area (Å²) in [6, 6.07) is 7.49. The van der Waals surface area contributed by atoms with E-state index < -0.39 is 23.9 Å². The van der Waals surface area contributed by atoms with E-state index in [-0.39, 0.29) is 11.6 Å². The van der Waals surface area contributed by atoms with Gasteiger partial charge in [-0.2, -0.15) is 5.10 Å². The van der Waals surface area contributed by atoms with Crippen molar-refractivity contribution in [2.75, 3.05) is 7.11 Å². The van der Waals surface area contributed by atoms with Gasteiger partial charge in [-0.3, -0.25) is 4.68 Å². The third-order valence-corrected chi connectivity index (χ3v) is 4.25. The standard InChI is InChI=1S/C19H13ClF4N2O3/c1-28-18(27)7-6-16-14-5-4-13(29-19(22,23)24)9-17(14)26(25-16)10-11-2-3-12(21)8-15(11)20/h2-9H,10H2,1H3. The number of carbonyl (C=O) groups excluding carboxylic acids is 1. The van der Waals surface area contributed by atoms with Crippen LogP contribution in [0.15, 0.2) is 42.5 Å². The van der Waals surface area contributed by atoms with Crippen LogP contribution in [-0.2, 0) is 16.1 Å². The van der Waals surface area contributed by atoms with E-state index in [1.165, 1.54) is 42.1 Å². The first-order valence-corrected chi connectivity index (χ1v) is 8.50. The van der Waals surface area contributed by atoms with Crippen molar-refractivity contribution >= 4 is 34.5 Å². The maximum absolute atomic E-state index is 13.3. The number of alkyl halides is 3. The molecule has 2 aromatic carbocycles. The lowest BCUT2D eigenvalue weighted by molar-refractivity contribution is -0.274. The van der Waals surface area contributed by atoms with Gasteiger partial charge in [0.25, 0.3) is 0 Å². The Balaban J connectivity index is 2.08. The van der Waals surface area contributed by atoms with Crippen molar-refractivity contribution in [3.63, 3.8) is 0 Å². The monoisotopic (exact) mass is 428 g/mol. The number of methoxy groups -OCH3 is 1. The fraction of sp³-hybridized carbons (Fsp3) is 0.158. The highest BCUT2D eigenvalue weighted by molar-refractivity contribution is 6.31. The minimum Gasteiger partial charge on any atom is -0.466 e. The number of esters is 1. The number of fused-ring (bicyclic) bond motifs is 1. The third-order valence-electron chi connectivity index (χ3n) is 3.90. The number of aromatic nitrogens is 2. The Morgan fingerprint density at radius 3 is 2.66 bits per heavy atom. The highest BCUT2D eigenvalue weighted by atomic mass is 35.5. The summed E-state index contributed by atoms with van der Waals surface area (Å²) in [6.07, 6.45) is -2.34. The lowest BCUT2D eigenvalue weighted by Crippen LogP contribution is -2.17. The minimum atomic E-state index is -4.85. The normalized spacial score (nSPS) is 11.9. The molecular formula is C19H13ClF4N2O3. The maximum Gasteiger partial charge on any atom is 0.573 e. The Bertz CT molecular complexity index is 1090. The van der Waals surface area contributed by atoms with Gasteiger partial charge in [-0.15, -0.1) is 13.2 Å². The molecule has 0 fully saturated rings. The van der Waals surface area contributed by atoms with Crippen LogP contribution in [0.2, 0.25) is 5.02 Å². The van der Waals surface area contributed by atoms with Crippen LogP contribution >= 0.6 is 11.6 Å². The van der Waals surface area contributed by atoms with Gasteiger partial charge in [-0.25, -0.2) is 9.18 Å². The molecule has 0 saturated heterocycles. The van der Waals surface area contributed by atoms with Crippen molar-refractivity contribution in [3.05, 3.63) is 64.6 Å². The molecule has 3 rings (SSSR count). The zero-order chi connectivity index (χ0) is 21.2. The van der Waals surface area contributed by atoms with Crippen LogP contribution in [0.3, 0.4) is 0 Å². The van der Waals surface area contributed by atoms with Crippen molar-refractivity contribution < 1.29 is 31.8 Å². The molecule has 0 N–H and O–H groups in total. The van der Waals surface area contributed by atoms with Gasteiger partial charge in [0.15, 0.2) is 0 Å². The molecular weight excluding hydrogens is 416 g/mol. The predicted octanol–water partition coefficient (Wildman–Crippen LogP) is 4.96. The SMILES string of the molecule is COC(=O)C=Cc1nn(Cc2ccc(F)cc2Cl)c2cc(OC(F)(F)F)ccc12. The first-order valence-electron chi connectivity index (χ1n) is 8.12. The van der Waals surface area contributed by atoms with Crippen LogP contribution < -0.4 is 4.74 Å². The second kappa shape index (κ2) is 8.12. The van der Waals surface area contributed by atoms with Gasteiger partial charge in [0.2, 0.25) is 0 Å². The number of hydrogen-bond acceptors (Lipinski definition) is 4. The number of carbonyl (C=O) groups is 1. The topological polar surface area (TPSA) is 53.3 Å². The Morgan fingerprint density at radius 2 is 2.00 bits per heavy atom. The summed E-state index contributed by atoms with van der Waals surface area (Å²) in [5.41, 5.74) is 1.13. The van der Waals surface area contributed by atoms with Crippen LogP contribution in [0, 0.1) is 5.82 Å². The summed E-state index contributed by atoms with van der Waals surface area (Å²) in [6.45, 7) is 0.0527. The molecule has 152 valence electrons. The van der Waals surface area contributed by atoms with Gasteiger partial charge >= 0.3 is 12.3 Å². The molecule has 5 nitrogen and oxygen atoms in total. The van der Waals surface area contributed by atoms with E-state index in [1.54, 1.807) is 0 Å². The molecule has 0 aliphatic rings. The smallest absolute Gasteiger partial charge is 0.466 e. The Hall–Kier alpha value is -3.07. The van der Waals surface area contributed by atoms with Crippen LogP contribution in [0.5, 0.6) is 5.75 Å². The highest BCUT2D eigenvalue weighted by Crippen LogP contribution is 2.30. The van der Waals surface area contributed by atoms with Gasteiger partial charge in [0.05, 0.1) is 24.9 Å². The summed E-state index contributed by atoms with van der Waals surface area (Å²) >= 11 is 6.05. The molecule has 1 heterocycles. The minimum absolute atomic E-state index is 0.0527. The van der Waals surface area contributed by atoms with Crippen LogP contribution in [0.1, 0.15) is 11.3 Å². The van der Waals surface area contributed by atoms with E-state index in [0.29, 0.717) is 22.2 Å². The third kappa shape index (κ3) is 5.05. The molecule has 10 heteroatoms. The number of halogens is 5. The van der Waals surface area contributed by atoms with Crippen LogP contribution in [0.4, 0.5) is 17.6 Å². The molecule has 0 spiro atoms. The summed E-state index contributed by atoms with van der Waals surface area (Å²) in [5, 5.41) is 4.94. The number of rotatable bonds is 5. The molecule has 3 aromatic rings. The van der Waals surface area contributed by atoms with E-state index in [1.807, 2.05) is 0 Å². The average Bonchev–Trinajstić information content (AvgIpc) is 2.97. The van der Waals surface area contributed by atoms with E-state index >= 15 is 0 Å². The second-order valence-electron chi connectivity index (χ2n) is 5.86. The number of nitrogens with zero attached hydrogens (tertiary/aromatic N) is 2. The fourth-order valence-corrected chi connectivity index (χ4v) is 2.87. The largest absolute Gasteiger partial charge is 0.573 e. The summed E-state index contributed by atoms with van der Waals surface area (Å²) < 4.78 is 60.9. The Morgan fingerprint density at radius 1 is 1.24 bits per heavy atom. The van der Waals surface area contributed by atoms with Crippen molar-refractivity contribution in [3.8, 4) is 5.75 Å². The van der Waals surface area contributed by atoms with Gasteiger partial charge in [0.1, 0.15) is 11.6 Å². The molecule has 0 saturated carbocycles. The number of benzene rings is 2. The number of ether oxygens (including phenoxy) is 2. The van der Waals surface area contributed by atoms with Crippen molar-refractivity contribution in [2.45, 2.75) is 12.9 Å². The summed E-state index contributed by atoms with van der Waals surface area (Å²) in [5.74, 6) is -1.57. The van der Waals surface area contributed by atoms with Crippen molar-refractivity contribution in [1.82, 2.24) is 9.78 Å². The van der Waals surface area contributed by atoms with E-state index in [0.717, 1.165) is 18.2 Å². The molecule has 0 amide bonds. The van der Waals surface area contributed by atoms with E-state index in [2.05, 4.69) is 14.6 Å². The maximum atomic E-state index is 13.3. The summed E-state index contributed by atoms with van der Waals surface area (Å²) in [4.78, 5) is 11.4.